The monoisotopic (exact) mass is 425 g/mol. The average Bonchev–Trinajstić information content (AvgIpc) is 2.67. The van der Waals surface area contributed by atoms with Gasteiger partial charge >= 0.3 is 5.97 Å². The number of primary sulfonamides is 1. The van der Waals surface area contributed by atoms with Crippen molar-refractivity contribution in [2.75, 3.05) is 33.3 Å². The van der Waals surface area contributed by atoms with Crippen LogP contribution in [0.3, 0.4) is 0 Å². The summed E-state index contributed by atoms with van der Waals surface area (Å²) >= 11 is 0. The number of esters is 1. The Bertz CT molecular complexity index is 891. The van der Waals surface area contributed by atoms with E-state index in [0.29, 0.717) is 38.1 Å². The number of piperidine rings is 1. The largest absolute Gasteiger partial charge is 0.466 e. The van der Waals surface area contributed by atoms with Crippen molar-refractivity contribution in [1.29, 1.82) is 0 Å². The molecule has 1 aliphatic heterocycles. The van der Waals surface area contributed by atoms with E-state index in [9.17, 15) is 22.8 Å². The number of ether oxygens (including phenoxy) is 1. The van der Waals surface area contributed by atoms with E-state index in [1.807, 2.05) is 0 Å². The summed E-state index contributed by atoms with van der Waals surface area (Å²) in [5, 5.41) is 5.14. The van der Waals surface area contributed by atoms with Gasteiger partial charge in [0, 0.05) is 25.7 Å². The summed E-state index contributed by atoms with van der Waals surface area (Å²) in [6, 6.07) is 4.06. The van der Waals surface area contributed by atoms with Crippen molar-refractivity contribution < 1.29 is 27.5 Å². The first-order chi connectivity index (χ1) is 13.5. The molecule has 1 aromatic carbocycles. The average molecular weight is 426 g/mol. The zero-order valence-corrected chi connectivity index (χ0v) is 17.7. The second kappa shape index (κ2) is 9.36. The van der Waals surface area contributed by atoms with E-state index in [2.05, 4.69) is 0 Å². The highest BCUT2D eigenvalue weighted by Crippen LogP contribution is 2.20. The van der Waals surface area contributed by atoms with Gasteiger partial charge in [0.15, 0.2) is 0 Å². The Morgan fingerprint density at radius 3 is 2.41 bits per heavy atom. The van der Waals surface area contributed by atoms with Crippen LogP contribution in [0, 0.1) is 12.8 Å². The third-order valence-corrected chi connectivity index (χ3v) is 5.87. The topological polar surface area (TPSA) is 127 Å². The van der Waals surface area contributed by atoms with Crippen LogP contribution in [0.25, 0.3) is 0 Å². The molecule has 160 valence electrons. The van der Waals surface area contributed by atoms with E-state index < -0.39 is 15.9 Å². The van der Waals surface area contributed by atoms with Crippen LogP contribution in [0.15, 0.2) is 23.1 Å². The van der Waals surface area contributed by atoms with E-state index >= 15 is 0 Å². The number of aryl methyl sites for hydroxylation is 1. The number of carbonyl (C=O) groups excluding carboxylic acids is 3. The third kappa shape index (κ3) is 5.77. The fraction of sp³-hybridized carbons (Fsp3) is 0.526. The van der Waals surface area contributed by atoms with Crippen LogP contribution >= 0.6 is 0 Å². The number of benzene rings is 1. The summed E-state index contributed by atoms with van der Waals surface area (Å²) < 4.78 is 28.1. The molecule has 0 bridgehead atoms. The molecule has 0 aromatic heterocycles. The SMILES string of the molecule is CCOC(=O)C1CCN(C(=O)CN(C)C(=O)c2cc(S(N)(=O)=O)ccc2C)CC1. The van der Waals surface area contributed by atoms with Gasteiger partial charge in [-0.3, -0.25) is 14.4 Å². The molecule has 1 fully saturated rings. The van der Waals surface area contributed by atoms with Crippen LogP contribution in [0.5, 0.6) is 0 Å². The number of nitrogens with zero attached hydrogens (tertiary/aromatic N) is 2. The molecule has 1 aliphatic rings. The van der Waals surface area contributed by atoms with Crippen molar-refractivity contribution in [3.63, 3.8) is 0 Å². The van der Waals surface area contributed by atoms with E-state index in [4.69, 9.17) is 9.88 Å². The predicted octanol–water partition coefficient (Wildman–Crippen LogP) is 0.516. The number of rotatable bonds is 6. The Balaban J connectivity index is 2.00. The van der Waals surface area contributed by atoms with Crippen molar-refractivity contribution in [3.8, 4) is 0 Å². The fourth-order valence-electron chi connectivity index (χ4n) is 3.21. The summed E-state index contributed by atoms with van der Waals surface area (Å²) in [4.78, 5) is 39.8. The highest BCUT2D eigenvalue weighted by atomic mass is 32.2. The minimum atomic E-state index is -3.94. The van der Waals surface area contributed by atoms with E-state index in [0.717, 1.165) is 0 Å². The third-order valence-electron chi connectivity index (χ3n) is 4.95. The molecule has 0 unspecified atom stereocenters. The molecule has 2 N–H and O–H groups in total. The van der Waals surface area contributed by atoms with Crippen molar-refractivity contribution in [1.82, 2.24) is 9.80 Å². The lowest BCUT2D eigenvalue weighted by atomic mass is 9.97. The standard InChI is InChI=1S/C19H27N3O6S/c1-4-28-19(25)14-7-9-22(10-8-14)17(23)12-21(3)18(24)16-11-15(29(20,26)27)6-5-13(16)2/h5-6,11,14H,4,7-10,12H2,1-3H3,(H2,20,26,27). The molecule has 1 heterocycles. The van der Waals surface area contributed by atoms with Crippen molar-refractivity contribution in [3.05, 3.63) is 29.3 Å². The highest BCUT2D eigenvalue weighted by Gasteiger charge is 2.29. The number of sulfonamides is 1. The quantitative estimate of drug-likeness (QED) is 0.662. The van der Waals surface area contributed by atoms with Gasteiger partial charge in [0.2, 0.25) is 15.9 Å². The number of hydrogen-bond donors (Lipinski definition) is 1. The second-order valence-corrected chi connectivity index (χ2v) is 8.65. The number of likely N-dealkylation sites (N-methyl/N-ethyl adjacent to an activating group) is 1. The summed E-state index contributed by atoms with van der Waals surface area (Å²) in [5.74, 6) is -1.15. The maximum absolute atomic E-state index is 12.7. The predicted molar refractivity (Wildman–Crippen MR) is 105 cm³/mol. The van der Waals surface area contributed by atoms with Gasteiger partial charge < -0.3 is 14.5 Å². The first kappa shape index (κ1) is 22.8. The first-order valence-electron chi connectivity index (χ1n) is 9.38. The van der Waals surface area contributed by atoms with Crippen molar-refractivity contribution >= 4 is 27.8 Å². The molecule has 10 heteroatoms. The van der Waals surface area contributed by atoms with Gasteiger partial charge in [0.05, 0.1) is 24.0 Å². The summed E-state index contributed by atoms with van der Waals surface area (Å²) in [6.07, 6.45) is 1.05. The molecule has 0 saturated carbocycles. The maximum atomic E-state index is 12.7. The van der Waals surface area contributed by atoms with E-state index in [1.165, 1.54) is 30.1 Å². The van der Waals surface area contributed by atoms with Crippen LogP contribution in [-0.4, -0.2) is 69.3 Å². The van der Waals surface area contributed by atoms with E-state index in [1.54, 1.807) is 18.7 Å². The van der Waals surface area contributed by atoms with Gasteiger partial charge in [-0.05, 0) is 44.4 Å². The van der Waals surface area contributed by atoms with Gasteiger partial charge in [-0.25, -0.2) is 13.6 Å². The number of nitrogens with two attached hydrogens (primary N) is 1. The summed E-state index contributed by atoms with van der Waals surface area (Å²) in [6.45, 7) is 4.45. The van der Waals surface area contributed by atoms with Gasteiger partial charge in [-0.1, -0.05) is 6.07 Å². The summed E-state index contributed by atoms with van der Waals surface area (Å²) in [5.41, 5.74) is 0.754. The molecule has 1 saturated heterocycles. The smallest absolute Gasteiger partial charge is 0.309 e. The molecule has 2 amide bonds. The van der Waals surface area contributed by atoms with Crippen molar-refractivity contribution in [2.45, 2.75) is 31.6 Å². The highest BCUT2D eigenvalue weighted by molar-refractivity contribution is 7.89. The van der Waals surface area contributed by atoms with Gasteiger partial charge in [0.25, 0.3) is 5.91 Å². The minimum absolute atomic E-state index is 0.151. The molecule has 0 aliphatic carbocycles. The molecule has 9 nitrogen and oxygen atoms in total. The van der Waals surface area contributed by atoms with E-state index in [-0.39, 0.29) is 34.8 Å². The Morgan fingerprint density at radius 2 is 1.86 bits per heavy atom. The Labute approximate surface area is 170 Å². The molecular weight excluding hydrogens is 398 g/mol. The Hall–Kier alpha value is -2.46. The minimum Gasteiger partial charge on any atom is -0.466 e. The normalized spacial score (nSPS) is 15.1. The molecule has 2 rings (SSSR count). The number of likely N-dealkylation sites (tertiary alicyclic amines) is 1. The molecular formula is C19H27N3O6S. The lowest BCUT2D eigenvalue weighted by Gasteiger charge is -2.32. The number of carbonyl (C=O) groups is 3. The lowest BCUT2D eigenvalue weighted by Crippen LogP contribution is -2.45. The van der Waals surface area contributed by atoms with Gasteiger partial charge in [-0.2, -0.15) is 0 Å². The Morgan fingerprint density at radius 1 is 1.24 bits per heavy atom. The van der Waals surface area contributed by atoms with Crippen LogP contribution < -0.4 is 5.14 Å². The van der Waals surface area contributed by atoms with Crippen LogP contribution in [0.1, 0.15) is 35.7 Å². The number of amides is 2. The molecule has 29 heavy (non-hydrogen) atoms. The lowest BCUT2D eigenvalue weighted by molar-refractivity contribution is -0.151. The van der Waals surface area contributed by atoms with Gasteiger partial charge in [0.1, 0.15) is 0 Å². The summed E-state index contributed by atoms with van der Waals surface area (Å²) in [7, 11) is -2.46. The zero-order chi connectivity index (χ0) is 21.8. The van der Waals surface area contributed by atoms with Gasteiger partial charge in [-0.15, -0.1) is 0 Å². The van der Waals surface area contributed by atoms with Crippen LogP contribution in [0.2, 0.25) is 0 Å². The zero-order valence-electron chi connectivity index (χ0n) is 16.9. The molecule has 0 spiro atoms. The second-order valence-electron chi connectivity index (χ2n) is 7.09. The first-order valence-corrected chi connectivity index (χ1v) is 10.9. The molecule has 0 radical (unpaired) electrons. The Kier molecular flexibility index (Phi) is 7.37. The number of hydrogen-bond acceptors (Lipinski definition) is 6. The van der Waals surface area contributed by atoms with Crippen molar-refractivity contribution in [2.24, 2.45) is 11.1 Å². The molecule has 0 atom stereocenters. The fourth-order valence-corrected chi connectivity index (χ4v) is 3.75. The van der Waals surface area contributed by atoms with Crippen LogP contribution in [-0.2, 0) is 24.3 Å². The molecule has 1 aromatic rings. The maximum Gasteiger partial charge on any atom is 0.309 e. The van der Waals surface area contributed by atoms with Crippen LogP contribution in [0.4, 0.5) is 0 Å².